The highest BCUT2D eigenvalue weighted by atomic mass is 16.3. The van der Waals surface area contributed by atoms with Crippen LogP contribution in [0.3, 0.4) is 0 Å². The van der Waals surface area contributed by atoms with Crippen LogP contribution < -0.4 is 10.6 Å². The standard InChI is InChI=1S/C17H26N2O3/c1-11(2)15(9-10-20)19-17(22)14-7-5-13(6-8-14)16(21)18-12(3)4/h5-8,11-12,15,20H,9-10H2,1-4H3,(H,18,21)(H,19,22). The summed E-state index contributed by atoms with van der Waals surface area (Å²) < 4.78 is 0. The molecule has 1 rings (SSSR count). The van der Waals surface area contributed by atoms with Gasteiger partial charge in [-0.3, -0.25) is 9.59 Å². The Balaban J connectivity index is 2.73. The predicted molar refractivity (Wildman–Crippen MR) is 86.8 cm³/mol. The molecule has 1 unspecified atom stereocenters. The van der Waals surface area contributed by atoms with Gasteiger partial charge < -0.3 is 15.7 Å². The summed E-state index contributed by atoms with van der Waals surface area (Å²) in [5.74, 6) is -0.0996. The molecule has 0 aromatic heterocycles. The number of carbonyl (C=O) groups excluding carboxylic acids is 2. The van der Waals surface area contributed by atoms with E-state index in [1.54, 1.807) is 24.3 Å². The van der Waals surface area contributed by atoms with Gasteiger partial charge in [0.1, 0.15) is 0 Å². The van der Waals surface area contributed by atoms with Gasteiger partial charge in [-0.15, -0.1) is 0 Å². The summed E-state index contributed by atoms with van der Waals surface area (Å²) in [6, 6.07) is 6.57. The second-order valence-electron chi connectivity index (χ2n) is 6.04. The summed E-state index contributed by atoms with van der Waals surface area (Å²) in [5, 5.41) is 14.8. The van der Waals surface area contributed by atoms with E-state index in [2.05, 4.69) is 10.6 Å². The van der Waals surface area contributed by atoms with Gasteiger partial charge in [-0.25, -0.2) is 0 Å². The number of amides is 2. The van der Waals surface area contributed by atoms with Crippen molar-refractivity contribution in [2.75, 3.05) is 6.61 Å². The van der Waals surface area contributed by atoms with Crippen molar-refractivity contribution in [2.24, 2.45) is 5.92 Å². The molecule has 0 aliphatic carbocycles. The Bertz CT molecular complexity index is 495. The first-order chi connectivity index (χ1) is 10.3. The minimum Gasteiger partial charge on any atom is -0.396 e. The highest BCUT2D eigenvalue weighted by Crippen LogP contribution is 2.09. The van der Waals surface area contributed by atoms with Crippen molar-refractivity contribution in [3.63, 3.8) is 0 Å². The summed E-state index contributed by atoms with van der Waals surface area (Å²) in [5.41, 5.74) is 1.03. The van der Waals surface area contributed by atoms with Gasteiger partial charge >= 0.3 is 0 Å². The number of hydrogen-bond acceptors (Lipinski definition) is 3. The van der Waals surface area contributed by atoms with Crippen LogP contribution >= 0.6 is 0 Å². The third-order valence-electron chi connectivity index (χ3n) is 3.39. The average Bonchev–Trinajstić information content (AvgIpc) is 2.46. The monoisotopic (exact) mass is 306 g/mol. The van der Waals surface area contributed by atoms with Gasteiger partial charge in [0, 0.05) is 29.8 Å². The molecule has 22 heavy (non-hydrogen) atoms. The first-order valence-corrected chi connectivity index (χ1v) is 7.67. The molecule has 0 aliphatic heterocycles. The maximum atomic E-state index is 12.2. The second-order valence-corrected chi connectivity index (χ2v) is 6.04. The smallest absolute Gasteiger partial charge is 0.251 e. The molecule has 1 aromatic carbocycles. The Labute approximate surface area is 132 Å². The lowest BCUT2D eigenvalue weighted by Crippen LogP contribution is -2.39. The molecule has 3 N–H and O–H groups in total. The number of benzene rings is 1. The van der Waals surface area contributed by atoms with Crippen LogP contribution in [-0.2, 0) is 0 Å². The Morgan fingerprint density at radius 1 is 0.955 bits per heavy atom. The van der Waals surface area contributed by atoms with Crippen molar-refractivity contribution < 1.29 is 14.7 Å². The van der Waals surface area contributed by atoms with E-state index in [-0.39, 0.29) is 36.4 Å². The van der Waals surface area contributed by atoms with Crippen LogP contribution in [0.1, 0.15) is 54.8 Å². The molecular weight excluding hydrogens is 280 g/mol. The van der Waals surface area contributed by atoms with Crippen molar-refractivity contribution >= 4 is 11.8 Å². The molecule has 0 heterocycles. The molecule has 0 spiro atoms. The number of rotatable bonds is 7. The van der Waals surface area contributed by atoms with Crippen LogP contribution in [0.4, 0.5) is 0 Å². The van der Waals surface area contributed by atoms with Gasteiger partial charge in [0.2, 0.25) is 0 Å². The molecule has 1 atom stereocenters. The van der Waals surface area contributed by atoms with E-state index in [9.17, 15) is 9.59 Å². The van der Waals surface area contributed by atoms with Gasteiger partial charge in [-0.1, -0.05) is 13.8 Å². The molecule has 0 bridgehead atoms. The van der Waals surface area contributed by atoms with E-state index in [4.69, 9.17) is 5.11 Å². The Kier molecular flexibility index (Phi) is 7.05. The maximum absolute atomic E-state index is 12.2. The fraction of sp³-hybridized carbons (Fsp3) is 0.529. The summed E-state index contributed by atoms with van der Waals surface area (Å²) in [6.07, 6.45) is 0.526. The van der Waals surface area contributed by atoms with Crippen molar-refractivity contribution in [1.29, 1.82) is 0 Å². The molecule has 0 saturated heterocycles. The van der Waals surface area contributed by atoms with Crippen molar-refractivity contribution in [3.8, 4) is 0 Å². The van der Waals surface area contributed by atoms with Crippen molar-refractivity contribution in [1.82, 2.24) is 10.6 Å². The average molecular weight is 306 g/mol. The van der Waals surface area contributed by atoms with E-state index in [1.165, 1.54) is 0 Å². The third-order valence-corrected chi connectivity index (χ3v) is 3.39. The highest BCUT2D eigenvalue weighted by molar-refractivity contribution is 5.98. The Hall–Kier alpha value is -1.88. The van der Waals surface area contributed by atoms with Crippen LogP contribution in [0, 0.1) is 5.92 Å². The number of aliphatic hydroxyl groups is 1. The molecule has 0 fully saturated rings. The normalized spacial score (nSPS) is 12.3. The molecule has 1 aromatic rings. The number of aliphatic hydroxyl groups excluding tert-OH is 1. The highest BCUT2D eigenvalue weighted by Gasteiger charge is 2.17. The molecule has 0 saturated carbocycles. The van der Waals surface area contributed by atoms with Crippen molar-refractivity contribution in [3.05, 3.63) is 35.4 Å². The van der Waals surface area contributed by atoms with Crippen LogP contribution in [0.2, 0.25) is 0 Å². The van der Waals surface area contributed by atoms with Gasteiger partial charge in [0.15, 0.2) is 0 Å². The number of hydrogen-bond donors (Lipinski definition) is 3. The molecule has 5 heteroatoms. The lowest BCUT2D eigenvalue weighted by molar-refractivity contribution is 0.0911. The van der Waals surface area contributed by atoms with E-state index in [0.717, 1.165) is 0 Å². The van der Waals surface area contributed by atoms with Crippen LogP contribution in [0.25, 0.3) is 0 Å². The van der Waals surface area contributed by atoms with Crippen LogP contribution in [0.5, 0.6) is 0 Å². The minimum atomic E-state index is -0.192. The molecule has 2 amide bonds. The van der Waals surface area contributed by atoms with Crippen LogP contribution in [-0.4, -0.2) is 35.6 Å². The maximum Gasteiger partial charge on any atom is 0.251 e. The summed E-state index contributed by atoms with van der Waals surface area (Å²) in [6.45, 7) is 7.83. The third kappa shape index (κ3) is 5.48. The SMILES string of the molecule is CC(C)NC(=O)c1ccc(C(=O)NC(CCO)C(C)C)cc1. The fourth-order valence-electron chi connectivity index (χ4n) is 2.08. The topological polar surface area (TPSA) is 78.4 Å². The largest absolute Gasteiger partial charge is 0.396 e. The van der Waals surface area contributed by atoms with Crippen LogP contribution in [0.15, 0.2) is 24.3 Å². The molecular formula is C17H26N2O3. The van der Waals surface area contributed by atoms with E-state index in [1.807, 2.05) is 27.7 Å². The zero-order valence-electron chi connectivity index (χ0n) is 13.7. The minimum absolute atomic E-state index is 0.0391. The Morgan fingerprint density at radius 3 is 1.77 bits per heavy atom. The molecule has 0 radical (unpaired) electrons. The lowest BCUT2D eigenvalue weighted by Gasteiger charge is -2.21. The van der Waals surface area contributed by atoms with E-state index >= 15 is 0 Å². The second kappa shape index (κ2) is 8.54. The Morgan fingerprint density at radius 2 is 1.41 bits per heavy atom. The first kappa shape index (κ1) is 18.2. The zero-order chi connectivity index (χ0) is 16.7. The summed E-state index contributed by atoms with van der Waals surface area (Å²) in [4.78, 5) is 24.0. The molecule has 0 aliphatic rings. The van der Waals surface area contributed by atoms with Gasteiger partial charge in [-0.05, 0) is 50.5 Å². The zero-order valence-corrected chi connectivity index (χ0v) is 13.7. The molecule has 5 nitrogen and oxygen atoms in total. The van der Waals surface area contributed by atoms with Gasteiger partial charge in [-0.2, -0.15) is 0 Å². The molecule has 122 valence electrons. The predicted octanol–water partition coefficient (Wildman–Crippen LogP) is 1.96. The fourth-order valence-corrected chi connectivity index (χ4v) is 2.08. The number of nitrogens with one attached hydrogen (secondary N) is 2. The van der Waals surface area contributed by atoms with E-state index < -0.39 is 0 Å². The van der Waals surface area contributed by atoms with Crippen molar-refractivity contribution in [2.45, 2.75) is 46.2 Å². The van der Waals surface area contributed by atoms with Gasteiger partial charge in [0.25, 0.3) is 11.8 Å². The van der Waals surface area contributed by atoms with E-state index in [0.29, 0.717) is 17.5 Å². The van der Waals surface area contributed by atoms with Gasteiger partial charge in [0.05, 0.1) is 0 Å². The quantitative estimate of drug-likeness (QED) is 0.720. The lowest BCUT2D eigenvalue weighted by atomic mass is 10.0. The first-order valence-electron chi connectivity index (χ1n) is 7.67. The summed E-state index contributed by atoms with van der Waals surface area (Å²) >= 11 is 0. The summed E-state index contributed by atoms with van der Waals surface area (Å²) in [7, 11) is 0. The number of carbonyl (C=O) groups is 2.